The lowest BCUT2D eigenvalue weighted by molar-refractivity contribution is -0.118. The van der Waals surface area contributed by atoms with E-state index in [1.165, 1.54) is 25.7 Å². The summed E-state index contributed by atoms with van der Waals surface area (Å²) in [6, 6.07) is 8.72. The minimum Gasteiger partial charge on any atom is -0.317 e. The Kier molecular flexibility index (Phi) is 4.70. The third kappa shape index (κ3) is 2.91. The molecule has 1 spiro atoms. The Morgan fingerprint density at radius 3 is 2.69 bits per heavy atom. The van der Waals surface area contributed by atoms with Crippen LogP contribution in [0.3, 0.4) is 0 Å². The third-order valence-electron chi connectivity index (χ3n) is 6.63. The predicted molar refractivity (Wildman–Crippen MR) is 106 cm³/mol. The molecule has 1 aliphatic heterocycles. The summed E-state index contributed by atoms with van der Waals surface area (Å²) in [6.45, 7) is 2.09. The zero-order valence-corrected chi connectivity index (χ0v) is 15.9. The van der Waals surface area contributed by atoms with Gasteiger partial charge in [-0.2, -0.15) is 0 Å². The average Bonchev–Trinajstić information content (AvgIpc) is 3.00. The molecule has 0 radical (unpaired) electrons. The maximum absolute atomic E-state index is 12.9. The Bertz CT molecular complexity index is 805. The lowest BCUT2D eigenvalue weighted by atomic mass is 9.92. The molecule has 1 atom stereocenters. The van der Waals surface area contributed by atoms with E-state index in [1.54, 1.807) is 0 Å². The summed E-state index contributed by atoms with van der Waals surface area (Å²) in [4.78, 5) is 17.7. The van der Waals surface area contributed by atoms with E-state index in [4.69, 9.17) is 4.98 Å². The van der Waals surface area contributed by atoms with Crippen LogP contribution in [0.15, 0.2) is 24.3 Å². The van der Waals surface area contributed by atoms with Crippen LogP contribution in [-0.4, -0.2) is 28.5 Å². The smallest absolute Gasteiger partial charge is 0.230 e. The van der Waals surface area contributed by atoms with Gasteiger partial charge in [-0.15, -0.1) is 12.4 Å². The Balaban J connectivity index is 0.00000168. The highest BCUT2D eigenvalue weighted by Gasteiger charge is 2.57. The van der Waals surface area contributed by atoms with Crippen molar-refractivity contribution < 1.29 is 4.79 Å². The number of carbonyl (C=O) groups is 1. The summed E-state index contributed by atoms with van der Waals surface area (Å²) in [7, 11) is 0. The van der Waals surface area contributed by atoms with Crippen molar-refractivity contribution in [2.24, 2.45) is 11.3 Å². The minimum absolute atomic E-state index is 0. The number of benzene rings is 1. The molecule has 1 aromatic heterocycles. The second kappa shape index (κ2) is 6.86. The van der Waals surface area contributed by atoms with Crippen LogP contribution in [0.25, 0.3) is 11.0 Å². The zero-order chi connectivity index (χ0) is 16.9. The van der Waals surface area contributed by atoms with Crippen LogP contribution in [0.4, 0.5) is 5.95 Å². The molecule has 5 rings (SSSR count). The van der Waals surface area contributed by atoms with Gasteiger partial charge in [0.05, 0.1) is 11.0 Å². The molecule has 26 heavy (non-hydrogen) atoms. The Morgan fingerprint density at radius 1 is 1.19 bits per heavy atom. The van der Waals surface area contributed by atoms with Crippen LogP contribution in [-0.2, 0) is 4.79 Å². The first-order valence-electron chi connectivity index (χ1n) is 9.75. The van der Waals surface area contributed by atoms with Crippen molar-refractivity contribution in [1.29, 1.82) is 0 Å². The van der Waals surface area contributed by atoms with Crippen LogP contribution in [0, 0.1) is 11.3 Å². The maximum atomic E-state index is 12.9. The normalized spacial score (nSPS) is 24.5. The SMILES string of the molecule is Cl.O=C(Nc1nc2ccccc2n1C1CCCC1)C1CC12CCNCC2. The van der Waals surface area contributed by atoms with Crippen LogP contribution in [0.5, 0.6) is 0 Å². The number of anilines is 1. The molecule has 2 aliphatic carbocycles. The fraction of sp³-hybridized carbons (Fsp3) is 0.600. The molecule has 3 aliphatic rings. The van der Waals surface area contributed by atoms with E-state index in [0.717, 1.165) is 49.3 Å². The summed E-state index contributed by atoms with van der Waals surface area (Å²) in [5.41, 5.74) is 2.40. The molecule has 2 saturated carbocycles. The second-order valence-electron chi connectivity index (χ2n) is 8.09. The minimum atomic E-state index is 0. The van der Waals surface area contributed by atoms with E-state index in [0.29, 0.717) is 6.04 Å². The zero-order valence-electron chi connectivity index (χ0n) is 15.0. The van der Waals surface area contributed by atoms with Crippen LogP contribution in [0.1, 0.15) is 51.0 Å². The molecule has 3 fully saturated rings. The first kappa shape index (κ1) is 17.8. The fourth-order valence-corrected chi connectivity index (χ4v) is 5.06. The molecule has 5 nitrogen and oxygen atoms in total. The van der Waals surface area contributed by atoms with Crippen molar-refractivity contribution in [2.75, 3.05) is 18.4 Å². The van der Waals surface area contributed by atoms with E-state index in [2.05, 4.69) is 27.3 Å². The second-order valence-corrected chi connectivity index (χ2v) is 8.09. The van der Waals surface area contributed by atoms with Crippen LogP contribution < -0.4 is 10.6 Å². The molecule has 6 heteroatoms. The van der Waals surface area contributed by atoms with Gasteiger partial charge >= 0.3 is 0 Å². The summed E-state index contributed by atoms with van der Waals surface area (Å²) >= 11 is 0. The summed E-state index contributed by atoms with van der Waals surface area (Å²) in [5.74, 6) is 1.11. The first-order valence-corrected chi connectivity index (χ1v) is 9.75. The molecule has 1 amide bonds. The lowest BCUT2D eigenvalue weighted by Gasteiger charge is -2.23. The Hall–Kier alpha value is -1.59. The Labute approximate surface area is 160 Å². The van der Waals surface area contributed by atoms with Gasteiger partial charge in [-0.3, -0.25) is 10.1 Å². The van der Waals surface area contributed by atoms with Crippen LogP contribution >= 0.6 is 12.4 Å². The van der Waals surface area contributed by atoms with Crippen molar-refractivity contribution in [1.82, 2.24) is 14.9 Å². The Morgan fingerprint density at radius 2 is 1.92 bits per heavy atom. The number of nitrogens with one attached hydrogen (secondary N) is 2. The van der Waals surface area contributed by atoms with E-state index in [-0.39, 0.29) is 29.6 Å². The van der Waals surface area contributed by atoms with Crippen molar-refractivity contribution in [3.8, 4) is 0 Å². The standard InChI is InChI=1S/C20H26N4O.ClH/c25-18(15-13-20(15)9-11-21-12-10-20)23-19-22-16-7-3-4-8-17(16)24(19)14-5-1-2-6-14;/h3-4,7-8,14-15,21H,1-2,5-6,9-13H2,(H,22,23,25);1H. The van der Waals surface area contributed by atoms with Gasteiger partial charge in [0.25, 0.3) is 0 Å². The number of aromatic nitrogens is 2. The van der Waals surface area contributed by atoms with Gasteiger partial charge in [-0.25, -0.2) is 4.98 Å². The maximum Gasteiger partial charge on any atom is 0.230 e. The number of imidazole rings is 1. The molecule has 2 aromatic rings. The molecule has 1 unspecified atom stereocenters. The topological polar surface area (TPSA) is 59.0 Å². The largest absolute Gasteiger partial charge is 0.317 e. The van der Waals surface area contributed by atoms with Gasteiger partial charge in [-0.05, 0) is 62.7 Å². The van der Waals surface area contributed by atoms with E-state index in [9.17, 15) is 4.79 Å². The van der Waals surface area contributed by atoms with E-state index >= 15 is 0 Å². The number of hydrogen-bond acceptors (Lipinski definition) is 3. The predicted octanol–water partition coefficient (Wildman–Crippen LogP) is 3.90. The quantitative estimate of drug-likeness (QED) is 0.856. The van der Waals surface area contributed by atoms with Gasteiger partial charge in [0.15, 0.2) is 0 Å². The van der Waals surface area contributed by atoms with Gasteiger partial charge in [0, 0.05) is 12.0 Å². The van der Waals surface area contributed by atoms with Gasteiger partial charge < -0.3 is 9.88 Å². The molecule has 1 aromatic carbocycles. The molecule has 0 bridgehead atoms. The number of rotatable bonds is 3. The van der Waals surface area contributed by atoms with Crippen LogP contribution in [0.2, 0.25) is 0 Å². The number of piperidine rings is 1. The number of carbonyl (C=O) groups excluding carboxylic acids is 1. The fourth-order valence-electron chi connectivity index (χ4n) is 5.06. The van der Waals surface area contributed by atoms with Gasteiger partial charge in [-0.1, -0.05) is 25.0 Å². The summed E-state index contributed by atoms with van der Waals surface area (Å²) in [6.07, 6.45) is 8.20. The molecular formula is C20H27ClN4O. The number of halogens is 1. The number of para-hydroxylation sites is 2. The summed E-state index contributed by atoms with van der Waals surface area (Å²) < 4.78 is 2.29. The highest BCUT2D eigenvalue weighted by Crippen LogP contribution is 2.58. The number of fused-ring (bicyclic) bond motifs is 1. The molecule has 140 valence electrons. The van der Waals surface area contributed by atoms with Crippen molar-refractivity contribution in [3.05, 3.63) is 24.3 Å². The number of nitrogens with zero attached hydrogens (tertiary/aromatic N) is 2. The van der Waals surface area contributed by atoms with Crippen molar-refractivity contribution >= 4 is 35.3 Å². The highest BCUT2D eigenvalue weighted by atomic mass is 35.5. The average molecular weight is 375 g/mol. The van der Waals surface area contributed by atoms with Crippen molar-refractivity contribution in [3.63, 3.8) is 0 Å². The van der Waals surface area contributed by atoms with E-state index < -0.39 is 0 Å². The van der Waals surface area contributed by atoms with Crippen molar-refractivity contribution in [2.45, 2.75) is 51.0 Å². The third-order valence-corrected chi connectivity index (χ3v) is 6.63. The monoisotopic (exact) mass is 374 g/mol. The van der Waals surface area contributed by atoms with Gasteiger partial charge in [0.1, 0.15) is 0 Å². The summed E-state index contributed by atoms with van der Waals surface area (Å²) in [5, 5.41) is 6.61. The lowest BCUT2D eigenvalue weighted by Crippen LogP contribution is -2.32. The highest BCUT2D eigenvalue weighted by molar-refractivity contribution is 5.95. The van der Waals surface area contributed by atoms with E-state index in [1.807, 2.05) is 12.1 Å². The number of amides is 1. The molecular weight excluding hydrogens is 348 g/mol. The first-order chi connectivity index (χ1) is 12.3. The molecule has 1 saturated heterocycles. The van der Waals surface area contributed by atoms with Gasteiger partial charge in [0.2, 0.25) is 11.9 Å². The molecule has 2 N–H and O–H groups in total. The number of hydrogen-bond donors (Lipinski definition) is 2. The molecule has 2 heterocycles.